The maximum Gasteiger partial charge on any atom is 0.306 e. The van der Waals surface area contributed by atoms with Crippen molar-refractivity contribution < 1.29 is 28.6 Å². The molecule has 77 heavy (non-hydrogen) atoms. The van der Waals surface area contributed by atoms with Crippen molar-refractivity contribution in [1.29, 1.82) is 0 Å². The van der Waals surface area contributed by atoms with Crippen LogP contribution in [0.25, 0.3) is 0 Å². The first kappa shape index (κ1) is 73.6. The van der Waals surface area contributed by atoms with Gasteiger partial charge in [0.1, 0.15) is 13.2 Å². The fourth-order valence-corrected chi connectivity index (χ4v) is 9.44. The monoisotopic (exact) mass is 1070 g/mol. The predicted octanol–water partition coefficient (Wildman–Crippen LogP) is 22.7. The second-order valence-corrected chi connectivity index (χ2v) is 22.0. The lowest BCUT2D eigenvalue weighted by molar-refractivity contribution is -0.167. The second-order valence-electron chi connectivity index (χ2n) is 22.0. The van der Waals surface area contributed by atoms with Crippen LogP contribution in [0.4, 0.5) is 0 Å². The minimum atomic E-state index is -0.803. The van der Waals surface area contributed by atoms with E-state index in [4.69, 9.17) is 14.2 Å². The van der Waals surface area contributed by atoms with Crippen LogP contribution in [0, 0.1) is 0 Å². The summed E-state index contributed by atoms with van der Waals surface area (Å²) in [5, 5.41) is 0. The molecular formula is C71H124O6. The summed E-state index contributed by atoms with van der Waals surface area (Å²) in [6.45, 7) is 6.51. The molecule has 0 amide bonds. The molecule has 0 radical (unpaired) electrons. The third-order valence-electron chi connectivity index (χ3n) is 14.4. The van der Waals surface area contributed by atoms with E-state index in [0.717, 1.165) is 96.3 Å². The Labute approximate surface area is 477 Å². The largest absolute Gasteiger partial charge is 0.462 e. The maximum absolute atomic E-state index is 12.9. The van der Waals surface area contributed by atoms with Crippen LogP contribution < -0.4 is 0 Å². The van der Waals surface area contributed by atoms with Crippen molar-refractivity contribution in [3.63, 3.8) is 0 Å². The molecule has 0 fully saturated rings. The molecule has 0 N–H and O–H groups in total. The van der Waals surface area contributed by atoms with E-state index in [2.05, 4.69) is 106 Å². The zero-order valence-electron chi connectivity index (χ0n) is 51.0. The number of unbranched alkanes of at least 4 members (excludes halogenated alkanes) is 35. The van der Waals surface area contributed by atoms with Gasteiger partial charge in [-0.3, -0.25) is 14.4 Å². The molecule has 0 aromatic rings. The first-order chi connectivity index (χ1) is 38.0. The van der Waals surface area contributed by atoms with E-state index in [-0.39, 0.29) is 37.5 Å². The van der Waals surface area contributed by atoms with Crippen LogP contribution in [0.3, 0.4) is 0 Å². The van der Waals surface area contributed by atoms with Crippen molar-refractivity contribution in [2.24, 2.45) is 0 Å². The molecule has 6 nitrogen and oxygen atoms in total. The Morgan fingerprint density at radius 2 is 0.506 bits per heavy atom. The zero-order chi connectivity index (χ0) is 55.7. The molecule has 1 unspecified atom stereocenters. The summed E-state index contributed by atoms with van der Waals surface area (Å²) in [6, 6.07) is 0. The molecule has 0 aromatic heterocycles. The molecule has 444 valence electrons. The Bertz CT molecular complexity index is 1470. The van der Waals surface area contributed by atoms with Gasteiger partial charge in [-0.2, -0.15) is 0 Å². The average Bonchev–Trinajstić information content (AvgIpc) is 3.43. The van der Waals surface area contributed by atoms with Crippen LogP contribution >= 0.6 is 0 Å². The van der Waals surface area contributed by atoms with E-state index in [1.54, 1.807) is 0 Å². The van der Waals surface area contributed by atoms with Crippen LogP contribution in [0.1, 0.15) is 329 Å². The molecule has 0 saturated heterocycles. The molecule has 0 spiro atoms. The van der Waals surface area contributed by atoms with Crippen molar-refractivity contribution >= 4 is 17.9 Å². The van der Waals surface area contributed by atoms with Gasteiger partial charge in [-0.1, -0.05) is 298 Å². The maximum atomic E-state index is 12.9. The smallest absolute Gasteiger partial charge is 0.306 e. The highest BCUT2D eigenvalue weighted by molar-refractivity contribution is 5.71. The summed E-state index contributed by atoms with van der Waals surface area (Å²) in [5.74, 6) is -0.933. The molecule has 6 heteroatoms. The fraction of sp³-hybridized carbons (Fsp3) is 0.761. The Morgan fingerprint density at radius 1 is 0.273 bits per heavy atom. The van der Waals surface area contributed by atoms with Gasteiger partial charge in [0.25, 0.3) is 0 Å². The summed E-state index contributed by atoms with van der Waals surface area (Å²) in [7, 11) is 0. The van der Waals surface area contributed by atoms with Crippen LogP contribution in [-0.4, -0.2) is 37.2 Å². The quantitative estimate of drug-likeness (QED) is 0.0261. The normalized spacial score (nSPS) is 12.6. The van der Waals surface area contributed by atoms with Crippen molar-refractivity contribution in [2.45, 2.75) is 335 Å². The number of rotatable bonds is 60. The summed E-state index contributed by atoms with van der Waals surface area (Å²) in [5.41, 5.74) is 0. The van der Waals surface area contributed by atoms with E-state index in [9.17, 15) is 14.4 Å². The van der Waals surface area contributed by atoms with Gasteiger partial charge in [-0.15, -0.1) is 0 Å². The molecule has 0 aromatic carbocycles. The van der Waals surface area contributed by atoms with Crippen molar-refractivity contribution in [1.82, 2.24) is 0 Å². The van der Waals surface area contributed by atoms with Crippen LogP contribution in [0.5, 0.6) is 0 Å². The molecule has 1 atom stereocenters. The van der Waals surface area contributed by atoms with E-state index >= 15 is 0 Å². The van der Waals surface area contributed by atoms with E-state index in [0.29, 0.717) is 19.3 Å². The number of hydrogen-bond donors (Lipinski definition) is 0. The highest BCUT2D eigenvalue weighted by atomic mass is 16.6. The Hall–Kier alpha value is -3.41. The molecule has 0 rings (SSSR count). The van der Waals surface area contributed by atoms with Gasteiger partial charge in [0.2, 0.25) is 0 Å². The summed E-state index contributed by atoms with van der Waals surface area (Å²) in [4.78, 5) is 38.3. The second kappa shape index (κ2) is 65.1. The third-order valence-corrected chi connectivity index (χ3v) is 14.4. The number of esters is 3. The van der Waals surface area contributed by atoms with Crippen LogP contribution in [0.2, 0.25) is 0 Å². The highest BCUT2D eigenvalue weighted by Crippen LogP contribution is 2.17. The van der Waals surface area contributed by atoms with Crippen LogP contribution in [-0.2, 0) is 28.6 Å². The Morgan fingerprint density at radius 3 is 0.844 bits per heavy atom. The van der Waals surface area contributed by atoms with Gasteiger partial charge < -0.3 is 14.2 Å². The lowest BCUT2D eigenvalue weighted by atomic mass is 10.0. The zero-order valence-corrected chi connectivity index (χ0v) is 51.0. The first-order valence-corrected chi connectivity index (χ1v) is 33.1. The van der Waals surface area contributed by atoms with Gasteiger partial charge in [-0.25, -0.2) is 0 Å². The standard InChI is InChI=1S/C71H124O6/c1-4-7-10-13-16-19-22-25-27-29-31-33-34-35-36-38-39-41-43-46-49-52-55-58-61-64-70(73)76-67-68(66-75-69(72)63-60-57-54-51-48-45-24-21-18-15-12-9-6-3)77-71(74)65-62-59-56-53-50-47-44-42-40-37-32-30-28-26-23-20-17-14-11-8-5-2/h8,11,17,20-21,24,26,28,32,37,42,44,50,53,68H,4-7,9-10,12-16,18-19,22-23,25,27,29-31,33-36,38-41,43,45-49,51-52,54-67H2,1-3H3/b11-8-,20-17-,24-21-,28-26-,37-32-,44-42-,53-50-. The molecule has 0 aliphatic heterocycles. The van der Waals surface area contributed by atoms with Gasteiger partial charge >= 0.3 is 17.9 Å². The average molecular weight is 1070 g/mol. The molecular weight excluding hydrogens is 949 g/mol. The topological polar surface area (TPSA) is 78.9 Å². The van der Waals surface area contributed by atoms with Crippen molar-refractivity contribution in [3.8, 4) is 0 Å². The van der Waals surface area contributed by atoms with Gasteiger partial charge in [-0.05, 0) is 96.3 Å². The molecule has 0 aliphatic rings. The van der Waals surface area contributed by atoms with Gasteiger partial charge in [0.05, 0.1) is 0 Å². The van der Waals surface area contributed by atoms with Gasteiger partial charge in [0, 0.05) is 19.3 Å². The van der Waals surface area contributed by atoms with E-state index in [1.165, 1.54) is 186 Å². The van der Waals surface area contributed by atoms with Crippen molar-refractivity contribution in [3.05, 3.63) is 85.1 Å². The number of ether oxygens (including phenoxy) is 3. The third kappa shape index (κ3) is 63.3. The Balaban J connectivity index is 4.34. The lowest BCUT2D eigenvalue weighted by Gasteiger charge is -2.18. The minimum Gasteiger partial charge on any atom is -0.462 e. The predicted molar refractivity (Wildman–Crippen MR) is 334 cm³/mol. The lowest BCUT2D eigenvalue weighted by Crippen LogP contribution is -2.30. The summed E-state index contributed by atoms with van der Waals surface area (Å²) < 4.78 is 16.9. The van der Waals surface area contributed by atoms with E-state index in [1.807, 2.05) is 0 Å². The van der Waals surface area contributed by atoms with E-state index < -0.39 is 6.10 Å². The number of carbonyl (C=O) groups is 3. The molecule has 0 aliphatic carbocycles. The molecule has 0 heterocycles. The van der Waals surface area contributed by atoms with Crippen LogP contribution in [0.15, 0.2) is 85.1 Å². The fourth-order valence-electron chi connectivity index (χ4n) is 9.44. The summed E-state index contributed by atoms with van der Waals surface area (Å²) in [6.07, 6.45) is 86.1. The number of hydrogen-bond acceptors (Lipinski definition) is 6. The first-order valence-electron chi connectivity index (χ1n) is 33.1. The SMILES string of the molecule is CC/C=C\C/C=C\C/C=C\C/C=C\C/C=C\C/C=C\CCCCC(=O)OC(COC(=O)CCCCCCC/C=C\CCCCCC)COC(=O)CCCCCCCCCCCCCCCCCCCCCCCCCCC. The van der Waals surface area contributed by atoms with Crippen molar-refractivity contribution in [2.75, 3.05) is 13.2 Å². The number of carbonyl (C=O) groups excluding carboxylic acids is 3. The molecule has 0 saturated carbocycles. The number of allylic oxidation sites excluding steroid dienone is 14. The minimum absolute atomic E-state index is 0.0942. The Kier molecular flexibility index (Phi) is 62.2. The summed E-state index contributed by atoms with van der Waals surface area (Å²) >= 11 is 0. The highest BCUT2D eigenvalue weighted by Gasteiger charge is 2.19. The molecule has 0 bridgehead atoms. The van der Waals surface area contributed by atoms with Gasteiger partial charge in [0.15, 0.2) is 6.10 Å².